The van der Waals surface area contributed by atoms with Crippen LogP contribution in [0.3, 0.4) is 0 Å². The lowest BCUT2D eigenvalue weighted by Crippen LogP contribution is -2.39. The minimum absolute atomic E-state index is 0.108. The van der Waals surface area contributed by atoms with Crippen LogP contribution in [0.4, 0.5) is 15.8 Å². The van der Waals surface area contributed by atoms with Crippen LogP contribution in [0, 0.1) is 18.3 Å². The van der Waals surface area contributed by atoms with Crippen LogP contribution in [0.1, 0.15) is 70.3 Å². The first-order valence-electron chi connectivity index (χ1n) is 13.3. The molecule has 0 unspecified atom stereocenters. The number of halogens is 2. The Labute approximate surface area is 229 Å². The third kappa shape index (κ3) is 5.38. The molecule has 2 aliphatic rings. The van der Waals surface area contributed by atoms with Crippen molar-refractivity contribution in [1.82, 2.24) is 25.9 Å². The average molecular weight is 538 g/mol. The van der Waals surface area contributed by atoms with Crippen LogP contribution in [-0.4, -0.2) is 27.6 Å². The van der Waals surface area contributed by atoms with Gasteiger partial charge < -0.3 is 16.1 Å². The van der Waals surface area contributed by atoms with Gasteiger partial charge in [0.05, 0.1) is 28.0 Å². The number of aryl methyl sites for hydroxylation is 2. The molecule has 0 bridgehead atoms. The summed E-state index contributed by atoms with van der Waals surface area (Å²) in [6.45, 7) is 13.5. The Morgan fingerprint density at radius 1 is 1.21 bits per heavy atom. The monoisotopic (exact) mass is 537 g/mol. The van der Waals surface area contributed by atoms with Crippen molar-refractivity contribution in [2.45, 2.75) is 72.9 Å². The molecule has 0 spiro atoms. The Hall–Kier alpha value is -3.10. The van der Waals surface area contributed by atoms with Crippen molar-refractivity contribution in [1.29, 1.82) is 0 Å². The summed E-state index contributed by atoms with van der Waals surface area (Å²) in [4.78, 5) is 8.81. The fraction of sp³-hybridized carbons (Fsp3) is 0.448. The van der Waals surface area contributed by atoms with E-state index in [2.05, 4.69) is 72.3 Å². The minimum Gasteiger partial charge on any atom is -0.384 e. The Bertz CT molecular complexity index is 1390. The highest BCUT2D eigenvalue weighted by molar-refractivity contribution is 6.35. The third-order valence-corrected chi connectivity index (χ3v) is 7.45. The van der Waals surface area contributed by atoms with Gasteiger partial charge in [0, 0.05) is 46.8 Å². The predicted molar refractivity (Wildman–Crippen MR) is 153 cm³/mol. The van der Waals surface area contributed by atoms with Crippen LogP contribution >= 0.6 is 11.6 Å². The molecule has 4 N–H and O–H groups in total. The van der Waals surface area contributed by atoms with E-state index in [9.17, 15) is 4.39 Å². The van der Waals surface area contributed by atoms with E-state index < -0.39 is 5.95 Å². The van der Waals surface area contributed by atoms with Gasteiger partial charge in [-0.25, -0.2) is 4.98 Å². The SMILES string of the molecule is CCc1cnc2c(Cl)cc(N[C@H](C3=C(C)N(C4CC4)NN3)c3ccc(F)nc3C)cc2c1NCC(C)(C)C. The maximum Gasteiger partial charge on any atom is 0.213 e. The number of fused-ring (bicyclic) bond motifs is 1. The fourth-order valence-electron chi connectivity index (χ4n) is 4.94. The van der Waals surface area contributed by atoms with E-state index in [1.54, 1.807) is 6.07 Å². The summed E-state index contributed by atoms with van der Waals surface area (Å²) >= 11 is 6.82. The van der Waals surface area contributed by atoms with Crippen LogP contribution in [0.2, 0.25) is 5.02 Å². The van der Waals surface area contributed by atoms with Crippen LogP contribution in [-0.2, 0) is 6.42 Å². The molecule has 38 heavy (non-hydrogen) atoms. The second kappa shape index (κ2) is 10.2. The van der Waals surface area contributed by atoms with Gasteiger partial charge >= 0.3 is 0 Å². The van der Waals surface area contributed by atoms with Crippen LogP contribution < -0.4 is 21.6 Å². The largest absolute Gasteiger partial charge is 0.384 e. The lowest BCUT2D eigenvalue weighted by atomic mass is 9.96. The number of hydrogen-bond acceptors (Lipinski definition) is 7. The van der Waals surface area contributed by atoms with E-state index >= 15 is 0 Å². The number of hydrazine groups is 2. The van der Waals surface area contributed by atoms with E-state index in [-0.39, 0.29) is 11.5 Å². The van der Waals surface area contributed by atoms with Crippen LogP contribution in [0.25, 0.3) is 10.9 Å². The van der Waals surface area contributed by atoms with Gasteiger partial charge in [-0.05, 0) is 62.3 Å². The molecule has 0 radical (unpaired) electrons. The molecule has 2 aromatic heterocycles. The quantitative estimate of drug-likeness (QED) is 0.240. The summed E-state index contributed by atoms with van der Waals surface area (Å²) in [5.74, 6) is -0.491. The van der Waals surface area contributed by atoms with Gasteiger partial charge in [0.1, 0.15) is 0 Å². The Balaban J connectivity index is 1.60. The molecule has 3 aromatic rings. The molecule has 1 atom stereocenters. The summed E-state index contributed by atoms with van der Waals surface area (Å²) < 4.78 is 14.0. The van der Waals surface area contributed by atoms with Crippen molar-refractivity contribution in [2.24, 2.45) is 5.41 Å². The highest BCUT2D eigenvalue weighted by Crippen LogP contribution is 2.39. The third-order valence-electron chi connectivity index (χ3n) is 7.16. The molecule has 0 amide bonds. The molecule has 202 valence electrons. The fourth-order valence-corrected chi connectivity index (χ4v) is 5.20. The Kier molecular flexibility index (Phi) is 7.13. The van der Waals surface area contributed by atoms with Crippen molar-refractivity contribution >= 4 is 33.9 Å². The molecule has 1 aliphatic heterocycles. The second-order valence-electron chi connectivity index (χ2n) is 11.5. The molecular formula is C29H37ClFN7. The van der Waals surface area contributed by atoms with Gasteiger partial charge in [-0.1, -0.05) is 45.4 Å². The zero-order valence-electron chi connectivity index (χ0n) is 23.0. The second-order valence-corrected chi connectivity index (χ2v) is 11.9. The number of hydrogen-bond donors (Lipinski definition) is 4. The molecule has 1 aliphatic carbocycles. The van der Waals surface area contributed by atoms with Gasteiger partial charge in [-0.2, -0.15) is 4.39 Å². The van der Waals surface area contributed by atoms with Crippen molar-refractivity contribution in [3.8, 4) is 0 Å². The van der Waals surface area contributed by atoms with E-state index in [1.165, 1.54) is 6.07 Å². The number of rotatable bonds is 8. The summed E-state index contributed by atoms with van der Waals surface area (Å²) in [7, 11) is 0. The number of nitrogens with one attached hydrogen (secondary N) is 4. The molecule has 3 heterocycles. The average Bonchev–Trinajstić information content (AvgIpc) is 3.62. The molecule has 5 rings (SSSR count). The molecule has 1 fully saturated rings. The molecule has 7 nitrogen and oxygen atoms in total. The van der Waals surface area contributed by atoms with Crippen molar-refractivity contribution in [2.75, 3.05) is 17.2 Å². The molecule has 1 saturated carbocycles. The van der Waals surface area contributed by atoms with Crippen molar-refractivity contribution in [3.05, 3.63) is 69.6 Å². The number of pyridine rings is 2. The van der Waals surface area contributed by atoms with E-state index in [4.69, 9.17) is 16.6 Å². The van der Waals surface area contributed by atoms with E-state index in [0.717, 1.165) is 70.6 Å². The first-order valence-corrected chi connectivity index (χ1v) is 13.7. The van der Waals surface area contributed by atoms with Gasteiger partial charge in [0.25, 0.3) is 0 Å². The zero-order chi connectivity index (χ0) is 27.2. The van der Waals surface area contributed by atoms with Crippen molar-refractivity contribution in [3.63, 3.8) is 0 Å². The number of benzene rings is 1. The molecular weight excluding hydrogens is 501 g/mol. The summed E-state index contributed by atoms with van der Waals surface area (Å²) in [5, 5.41) is 11.1. The highest BCUT2D eigenvalue weighted by Gasteiger charge is 2.36. The number of nitrogens with zero attached hydrogens (tertiary/aromatic N) is 3. The summed E-state index contributed by atoms with van der Waals surface area (Å²) in [6.07, 6.45) is 5.08. The molecule has 0 saturated heterocycles. The van der Waals surface area contributed by atoms with E-state index in [1.807, 2.05) is 19.2 Å². The summed E-state index contributed by atoms with van der Waals surface area (Å²) in [6, 6.07) is 7.40. The molecule has 9 heteroatoms. The zero-order valence-corrected chi connectivity index (χ0v) is 23.7. The highest BCUT2D eigenvalue weighted by atomic mass is 35.5. The molecule has 1 aromatic carbocycles. The maximum absolute atomic E-state index is 14.0. The van der Waals surface area contributed by atoms with Gasteiger partial charge in [0.15, 0.2) is 0 Å². The van der Waals surface area contributed by atoms with E-state index in [0.29, 0.717) is 16.8 Å². The van der Waals surface area contributed by atoms with Crippen molar-refractivity contribution < 1.29 is 4.39 Å². The van der Waals surface area contributed by atoms with Gasteiger partial charge in [-0.15, -0.1) is 5.53 Å². The Morgan fingerprint density at radius 3 is 2.63 bits per heavy atom. The van der Waals surface area contributed by atoms with Gasteiger partial charge in [-0.3, -0.25) is 9.99 Å². The lowest BCUT2D eigenvalue weighted by molar-refractivity contribution is 0.241. The number of anilines is 2. The normalized spacial score (nSPS) is 16.7. The van der Waals surface area contributed by atoms with Crippen LogP contribution in [0.15, 0.2) is 41.9 Å². The first kappa shape index (κ1) is 26.5. The standard InChI is InChI=1S/C29H37ClFN7/c1-7-18-14-32-27-22(26(18)33-15-29(4,5)6)12-19(13-23(27)30)35-28(21-10-11-24(31)34-16(21)2)25-17(3)38(37-36-25)20-8-9-20/h10-14,20,28,35-37H,7-9,15H2,1-6H3,(H,32,33)/t28-/m0/s1. The smallest absolute Gasteiger partial charge is 0.213 e. The number of allylic oxidation sites excluding steroid dienone is 1. The minimum atomic E-state index is -0.491. The maximum atomic E-state index is 14.0. The Morgan fingerprint density at radius 2 is 1.97 bits per heavy atom. The summed E-state index contributed by atoms with van der Waals surface area (Å²) in [5.41, 5.74) is 14.2. The first-order chi connectivity index (χ1) is 18.1. The predicted octanol–water partition coefficient (Wildman–Crippen LogP) is 6.62. The number of aromatic nitrogens is 2. The van der Waals surface area contributed by atoms with Crippen LogP contribution in [0.5, 0.6) is 0 Å². The van der Waals surface area contributed by atoms with Gasteiger partial charge in [0.2, 0.25) is 5.95 Å². The topological polar surface area (TPSA) is 77.1 Å². The lowest BCUT2D eigenvalue weighted by Gasteiger charge is -2.25.